The van der Waals surface area contributed by atoms with Gasteiger partial charge in [0.15, 0.2) is 0 Å². The van der Waals surface area contributed by atoms with Gasteiger partial charge in [0.25, 0.3) is 0 Å². The maximum atomic E-state index is 5.98. The molecule has 0 fully saturated rings. The van der Waals surface area contributed by atoms with Gasteiger partial charge in [0.05, 0.1) is 0 Å². The monoisotopic (exact) mass is 269 g/mol. The molecule has 0 heterocycles. The quantitative estimate of drug-likeness (QED) is 0.857. The molecular formula is C18H23NO. The minimum absolute atomic E-state index is 0.485. The average Bonchev–Trinajstić information content (AvgIpc) is 2.40. The average molecular weight is 269 g/mol. The summed E-state index contributed by atoms with van der Waals surface area (Å²) in [7, 11) is 0. The van der Waals surface area contributed by atoms with Crippen molar-refractivity contribution in [2.24, 2.45) is 0 Å². The summed E-state index contributed by atoms with van der Waals surface area (Å²) in [6, 6.07) is 15.0. The van der Waals surface area contributed by atoms with Crippen LogP contribution in [0.5, 0.6) is 11.5 Å². The third-order valence-electron chi connectivity index (χ3n) is 3.17. The fourth-order valence-electron chi connectivity index (χ4n) is 2.08. The number of ether oxygens (including phenoxy) is 1. The van der Waals surface area contributed by atoms with E-state index in [-0.39, 0.29) is 0 Å². The van der Waals surface area contributed by atoms with Crippen LogP contribution in [0.4, 0.5) is 0 Å². The molecule has 0 bridgehead atoms. The summed E-state index contributed by atoms with van der Waals surface area (Å²) in [5.41, 5.74) is 3.65. The van der Waals surface area contributed by atoms with E-state index in [0.29, 0.717) is 6.04 Å². The van der Waals surface area contributed by atoms with E-state index in [2.05, 4.69) is 57.3 Å². The highest BCUT2D eigenvalue weighted by Gasteiger charge is 2.03. The van der Waals surface area contributed by atoms with Crippen LogP contribution in [-0.2, 0) is 6.54 Å². The summed E-state index contributed by atoms with van der Waals surface area (Å²) in [5.74, 6) is 1.81. The Hall–Kier alpha value is -1.80. The van der Waals surface area contributed by atoms with Gasteiger partial charge < -0.3 is 10.1 Å². The molecule has 2 nitrogen and oxygen atoms in total. The van der Waals surface area contributed by atoms with Crippen LogP contribution >= 0.6 is 0 Å². The summed E-state index contributed by atoms with van der Waals surface area (Å²) < 4.78 is 5.98. The molecule has 0 aliphatic carbocycles. The number of benzene rings is 2. The van der Waals surface area contributed by atoms with Crippen LogP contribution in [0, 0.1) is 13.8 Å². The lowest BCUT2D eigenvalue weighted by Gasteiger charge is -2.12. The van der Waals surface area contributed by atoms with Crippen molar-refractivity contribution in [1.82, 2.24) is 5.32 Å². The second kappa shape index (κ2) is 6.58. The van der Waals surface area contributed by atoms with E-state index in [1.165, 1.54) is 11.1 Å². The Labute approximate surface area is 121 Å². The van der Waals surface area contributed by atoms with Gasteiger partial charge in [-0.2, -0.15) is 0 Å². The zero-order valence-corrected chi connectivity index (χ0v) is 12.7. The van der Waals surface area contributed by atoms with Crippen LogP contribution in [0.1, 0.15) is 30.5 Å². The van der Waals surface area contributed by atoms with Crippen molar-refractivity contribution >= 4 is 0 Å². The molecule has 0 aliphatic rings. The second-order valence-electron chi connectivity index (χ2n) is 5.55. The molecule has 1 N–H and O–H groups in total. The molecule has 0 saturated carbocycles. The lowest BCUT2D eigenvalue weighted by atomic mass is 10.1. The van der Waals surface area contributed by atoms with Gasteiger partial charge in [0, 0.05) is 12.6 Å². The van der Waals surface area contributed by atoms with E-state index in [4.69, 9.17) is 4.74 Å². The van der Waals surface area contributed by atoms with Gasteiger partial charge in [0.2, 0.25) is 0 Å². The first-order valence-electron chi connectivity index (χ1n) is 7.12. The SMILES string of the molecule is Cc1ccc(Oc2cccc(CNC(C)C)c2)c(C)c1. The first-order valence-corrected chi connectivity index (χ1v) is 7.12. The number of hydrogen-bond donors (Lipinski definition) is 1. The molecule has 0 spiro atoms. The summed E-state index contributed by atoms with van der Waals surface area (Å²) in [4.78, 5) is 0. The molecule has 2 heteroatoms. The van der Waals surface area contributed by atoms with Crippen molar-refractivity contribution in [3.63, 3.8) is 0 Å². The highest BCUT2D eigenvalue weighted by atomic mass is 16.5. The minimum atomic E-state index is 0.485. The predicted octanol–water partition coefficient (Wildman–Crippen LogP) is 4.59. The highest BCUT2D eigenvalue weighted by Crippen LogP contribution is 2.26. The van der Waals surface area contributed by atoms with Gasteiger partial charge in [-0.3, -0.25) is 0 Å². The molecule has 0 aromatic heterocycles. The fourth-order valence-corrected chi connectivity index (χ4v) is 2.08. The van der Waals surface area contributed by atoms with Gasteiger partial charge in [-0.05, 0) is 43.2 Å². The van der Waals surface area contributed by atoms with Crippen LogP contribution in [0.15, 0.2) is 42.5 Å². The standard InChI is InChI=1S/C18H23NO/c1-13(2)19-12-16-6-5-7-17(11-16)20-18-9-8-14(3)10-15(18)4/h5-11,13,19H,12H2,1-4H3. The van der Waals surface area contributed by atoms with Crippen molar-refractivity contribution in [2.45, 2.75) is 40.3 Å². The topological polar surface area (TPSA) is 21.3 Å². The van der Waals surface area contributed by atoms with E-state index < -0.39 is 0 Å². The van der Waals surface area contributed by atoms with Crippen LogP contribution in [0.3, 0.4) is 0 Å². The Bertz CT molecular complexity index is 575. The van der Waals surface area contributed by atoms with Gasteiger partial charge >= 0.3 is 0 Å². The summed E-state index contributed by atoms with van der Waals surface area (Å²) >= 11 is 0. The molecule has 0 aliphatic heterocycles. The predicted molar refractivity (Wildman–Crippen MR) is 84.4 cm³/mol. The molecule has 0 saturated heterocycles. The lowest BCUT2D eigenvalue weighted by molar-refractivity contribution is 0.477. The number of nitrogens with one attached hydrogen (secondary N) is 1. The largest absolute Gasteiger partial charge is 0.457 e. The Balaban J connectivity index is 2.11. The third-order valence-corrected chi connectivity index (χ3v) is 3.17. The molecule has 20 heavy (non-hydrogen) atoms. The molecule has 2 rings (SSSR count). The van der Waals surface area contributed by atoms with E-state index in [0.717, 1.165) is 23.6 Å². The Kier molecular flexibility index (Phi) is 4.80. The van der Waals surface area contributed by atoms with Crippen molar-refractivity contribution in [3.8, 4) is 11.5 Å². The van der Waals surface area contributed by atoms with Gasteiger partial charge in [-0.15, -0.1) is 0 Å². The van der Waals surface area contributed by atoms with Crippen LogP contribution in [0.25, 0.3) is 0 Å². The number of aryl methyl sites for hydroxylation is 2. The molecule has 0 unspecified atom stereocenters. The van der Waals surface area contributed by atoms with E-state index >= 15 is 0 Å². The van der Waals surface area contributed by atoms with E-state index in [9.17, 15) is 0 Å². The molecule has 0 radical (unpaired) electrons. The minimum Gasteiger partial charge on any atom is -0.457 e. The highest BCUT2D eigenvalue weighted by molar-refractivity contribution is 5.40. The third kappa shape index (κ3) is 4.10. The van der Waals surface area contributed by atoms with Crippen molar-refractivity contribution in [3.05, 3.63) is 59.2 Å². The summed E-state index contributed by atoms with van der Waals surface area (Å²) in [6.07, 6.45) is 0. The van der Waals surface area contributed by atoms with Crippen molar-refractivity contribution in [2.75, 3.05) is 0 Å². The lowest BCUT2D eigenvalue weighted by Crippen LogP contribution is -2.21. The Morgan fingerprint density at radius 1 is 1.05 bits per heavy atom. The molecule has 0 amide bonds. The molecule has 2 aromatic rings. The number of hydrogen-bond acceptors (Lipinski definition) is 2. The van der Waals surface area contributed by atoms with Gasteiger partial charge in [-0.1, -0.05) is 43.7 Å². The Morgan fingerprint density at radius 3 is 2.55 bits per heavy atom. The fraction of sp³-hybridized carbons (Fsp3) is 0.333. The first kappa shape index (κ1) is 14.6. The van der Waals surface area contributed by atoms with Crippen molar-refractivity contribution in [1.29, 1.82) is 0 Å². The molecule has 2 aromatic carbocycles. The Morgan fingerprint density at radius 2 is 1.85 bits per heavy atom. The van der Waals surface area contributed by atoms with Crippen LogP contribution < -0.4 is 10.1 Å². The number of rotatable bonds is 5. The van der Waals surface area contributed by atoms with E-state index in [1.807, 2.05) is 18.2 Å². The first-order chi connectivity index (χ1) is 9.54. The maximum Gasteiger partial charge on any atom is 0.130 e. The normalized spacial score (nSPS) is 10.8. The van der Waals surface area contributed by atoms with Gasteiger partial charge in [0.1, 0.15) is 11.5 Å². The second-order valence-corrected chi connectivity index (χ2v) is 5.55. The molecular weight excluding hydrogens is 246 g/mol. The van der Waals surface area contributed by atoms with Crippen molar-refractivity contribution < 1.29 is 4.74 Å². The van der Waals surface area contributed by atoms with Crippen LogP contribution in [-0.4, -0.2) is 6.04 Å². The molecule has 106 valence electrons. The van der Waals surface area contributed by atoms with Crippen LogP contribution in [0.2, 0.25) is 0 Å². The van der Waals surface area contributed by atoms with Gasteiger partial charge in [-0.25, -0.2) is 0 Å². The zero-order valence-electron chi connectivity index (χ0n) is 12.7. The maximum absolute atomic E-state index is 5.98. The summed E-state index contributed by atoms with van der Waals surface area (Å²) in [6.45, 7) is 9.33. The zero-order chi connectivity index (χ0) is 14.5. The smallest absolute Gasteiger partial charge is 0.130 e. The summed E-state index contributed by atoms with van der Waals surface area (Å²) in [5, 5.41) is 3.42. The van der Waals surface area contributed by atoms with E-state index in [1.54, 1.807) is 0 Å². The molecule has 0 atom stereocenters.